The van der Waals surface area contributed by atoms with Crippen LogP contribution in [0.15, 0.2) is 0 Å². The SMILES string of the molecule is CC.CC(C)(C)OC(=O)N1C(C=O)CC2CC21.CCOC. The summed E-state index contributed by atoms with van der Waals surface area (Å²) in [6.07, 6.45) is 2.36. The number of amides is 1. The standard InChI is InChI=1S/C11H17NO3.C3H8O.C2H6/c1-11(2,3)15-10(14)12-8(6-13)4-7-5-9(7)12;1-3-4-2;1-2/h6-9H,4-5H2,1-3H3;3H2,1-2H3;1-2H3. The van der Waals surface area contributed by atoms with Crippen LogP contribution in [0.25, 0.3) is 0 Å². The highest BCUT2D eigenvalue weighted by atomic mass is 16.6. The highest BCUT2D eigenvalue weighted by molar-refractivity contribution is 5.76. The predicted molar refractivity (Wildman–Crippen MR) is 83.3 cm³/mol. The first-order valence-corrected chi connectivity index (χ1v) is 7.79. The van der Waals surface area contributed by atoms with E-state index in [0.29, 0.717) is 5.92 Å². The predicted octanol–water partition coefficient (Wildman–Crippen LogP) is 3.26. The molecule has 3 unspecified atom stereocenters. The van der Waals surface area contributed by atoms with Crippen molar-refractivity contribution in [3.63, 3.8) is 0 Å². The number of rotatable bonds is 2. The van der Waals surface area contributed by atoms with Crippen LogP contribution in [0.2, 0.25) is 0 Å². The fraction of sp³-hybridized carbons (Fsp3) is 0.875. The Labute approximate surface area is 129 Å². The molecule has 0 aromatic rings. The fourth-order valence-electron chi connectivity index (χ4n) is 2.20. The average molecular weight is 301 g/mol. The van der Waals surface area contributed by atoms with Crippen molar-refractivity contribution in [1.29, 1.82) is 0 Å². The van der Waals surface area contributed by atoms with Crippen LogP contribution in [0, 0.1) is 5.92 Å². The van der Waals surface area contributed by atoms with E-state index in [9.17, 15) is 9.59 Å². The molecule has 0 radical (unpaired) electrons. The number of methoxy groups -OCH3 is 1. The van der Waals surface area contributed by atoms with Gasteiger partial charge in [-0.1, -0.05) is 13.8 Å². The van der Waals surface area contributed by atoms with Crippen LogP contribution < -0.4 is 0 Å². The van der Waals surface area contributed by atoms with Gasteiger partial charge in [-0.25, -0.2) is 4.79 Å². The Bertz CT molecular complexity index is 323. The van der Waals surface area contributed by atoms with Crippen molar-refractivity contribution in [2.24, 2.45) is 5.92 Å². The highest BCUT2D eigenvalue weighted by Gasteiger charge is 2.54. The largest absolute Gasteiger partial charge is 0.444 e. The van der Waals surface area contributed by atoms with Crippen molar-refractivity contribution in [2.75, 3.05) is 13.7 Å². The first kappa shape index (κ1) is 19.9. The molecule has 3 atom stereocenters. The molecule has 1 saturated heterocycles. The van der Waals surface area contributed by atoms with E-state index in [4.69, 9.17) is 4.74 Å². The number of piperidine rings is 1. The average Bonchev–Trinajstić information content (AvgIpc) is 3.09. The normalized spacial score (nSPS) is 25.7. The molecule has 5 heteroatoms. The van der Waals surface area contributed by atoms with Gasteiger partial charge in [-0.3, -0.25) is 4.90 Å². The van der Waals surface area contributed by atoms with Crippen molar-refractivity contribution in [3.05, 3.63) is 0 Å². The first-order chi connectivity index (χ1) is 9.84. The van der Waals surface area contributed by atoms with Crippen molar-refractivity contribution >= 4 is 12.4 Å². The third-order valence-electron chi connectivity index (χ3n) is 3.19. The molecule has 2 rings (SSSR count). The summed E-state index contributed by atoms with van der Waals surface area (Å²) in [6.45, 7) is 12.3. The van der Waals surface area contributed by atoms with Gasteiger partial charge in [0.05, 0.1) is 6.04 Å². The maximum Gasteiger partial charge on any atom is 0.411 e. The Morgan fingerprint density at radius 1 is 1.29 bits per heavy atom. The van der Waals surface area contributed by atoms with E-state index < -0.39 is 5.60 Å². The molecule has 0 N–H and O–H groups in total. The monoisotopic (exact) mass is 301 g/mol. The molecule has 0 aromatic carbocycles. The van der Waals surface area contributed by atoms with Gasteiger partial charge >= 0.3 is 6.09 Å². The Balaban J connectivity index is 0.000000579. The Hall–Kier alpha value is -1.10. The lowest BCUT2D eigenvalue weighted by Crippen LogP contribution is -2.42. The Morgan fingerprint density at radius 3 is 2.19 bits per heavy atom. The third kappa shape index (κ3) is 6.46. The molecule has 2 fully saturated rings. The minimum atomic E-state index is -0.489. The minimum Gasteiger partial charge on any atom is -0.444 e. The molecule has 124 valence electrons. The van der Waals surface area contributed by atoms with Crippen molar-refractivity contribution in [3.8, 4) is 0 Å². The van der Waals surface area contributed by atoms with Gasteiger partial charge in [-0.15, -0.1) is 0 Å². The van der Waals surface area contributed by atoms with Crippen LogP contribution in [-0.2, 0) is 14.3 Å². The molecular formula is C16H31NO4. The van der Waals surface area contributed by atoms with E-state index in [-0.39, 0.29) is 18.2 Å². The van der Waals surface area contributed by atoms with Crippen LogP contribution in [0.4, 0.5) is 4.79 Å². The topological polar surface area (TPSA) is 55.8 Å². The fourth-order valence-corrected chi connectivity index (χ4v) is 2.20. The van der Waals surface area contributed by atoms with Crippen molar-refractivity contribution < 1.29 is 19.1 Å². The first-order valence-electron chi connectivity index (χ1n) is 7.79. The molecule has 21 heavy (non-hydrogen) atoms. The second-order valence-corrected chi connectivity index (χ2v) is 5.97. The molecule has 0 spiro atoms. The number of hydrogen-bond acceptors (Lipinski definition) is 4. The molecule has 0 aromatic heterocycles. The minimum absolute atomic E-state index is 0.259. The summed E-state index contributed by atoms with van der Waals surface area (Å²) in [5.41, 5.74) is -0.489. The van der Waals surface area contributed by atoms with Gasteiger partial charge in [0.25, 0.3) is 0 Å². The number of hydrogen-bond donors (Lipinski definition) is 0. The number of carbonyl (C=O) groups is 2. The van der Waals surface area contributed by atoms with Crippen LogP contribution >= 0.6 is 0 Å². The zero-order chi connectivity index (χ0) is 16.6. The number of aldehydes is 1. The summed E-state index contributed by atoms with van der Waals surface area (Å²) < 4.78 is 9.82. The summed E-state index contributed by atoms with van der Waals surface area (Å²) >= 11 is 0. The van der Waals surface area contributed by atoms with E-state index in [1.165, 1.54) is 0 Å². The molecule has 1 aliphatic heterocycles. The molecule has 1 saturated carbocycles. The van der Waals surface area contributed by atoms with Crippen molar-refractivity contribution in [1.82, 2.24) is 4.90 Å². The molecule has 1 aliphatic carbocycles. The molecular weight excluding hydrogens is 270 g/mol. The summed E-state index contributed by atoms with van der Waals surface area (Å²) in [5.74, 6) is 0.535. The van der Waals surface area contributed by atoms with E-state index in [1.807, 2.05) is 41.5 Å². The van der Waals surface area contributed by atoms with Gasteiger partial charge in [0.15, 0.2) is 0 Å². The third-order valence-corrected chi connectivity index (χ3v) is 3.19. The Kier molecular flexibility index (Phi) is 8.55. The number of nitrogens with zero attached hydrogens (tertiary/aromatic N) is 1. The molecule has 1 heterocycles. The highest BCUT2D eigenvalue weighted by Crippen LogP contribution is 2.47. The lowest BCUT2D eigenvalue weighted by atomic mass is 10.2. The van der Waals surface area contributed by atoms with Crippen molar-refractivity contribution in [2.45, 2.75) is 72.1 Å². The Morgan fingerprint density at radius 2 is 1.81 bits per heavy atom. The number of fused-ring (bicyclic) bond motifs is 1. The van der Waals surface area contributed by atoms with E-state index in [0.717, 1.165) is 25.7 Å². The van der Waals surface area contributed by atoms with Gasteiger partial charge in [0.2, 0.25) is 0 Å². The van der Waals surface area contributed by atoms with Gasteiger partial charge < -0.3 is 14.3 Å². The second-order valence-electron chi connectivity index (χ2n) is 5.97. The number of likely N-dealkylation sites (tertiary alicyclic amines) is 1. The molecule has 2 aliphatic rings. The second kappa shape index (κ2) is 9.03. The van der Waals surface area contributed by atoms with Gasteiger partial charge in [0, 0.05) is 19.8 Å². The van der Waals surface area contributed by atoms with Crippen LogP contribution in [-0.4, -0.2) is 48.7 Å². The summed E-state index contributed by atoms with van der Waals surface area (Å²) in [4.78, 5) is 24.2. The van der Waals surface area contributed by atoms with E-state index in [2.05, 4.69) is 4.74 Å². The molecule has 1 amide bonds. The smallest absolute Gasteiger partial charge is 0.411 e. The van der Waals surface area contributed by atoms with Crippen LogP contribution in [0.1, 0.15) is 54.4 Å². The van der Waals surface area contributed by atoms with Crippen LogP contribution in [0.5, 0.6) is 0 Å². The maximum atomic E-state index is 11.8. The molecule has 0 bridgehead atoms. The summed E-state index contributed by atoms with van der Waals surface area (Å²) in [5, 5.41) is 0. The maximum absolute atomic E-state index is 11.8. The summed E-state index contributed by atoms with van der Waals surface area (Å²) in [7, 11) is 1.68. The quantitative estimate of drug-likeness (QED) is 0.735. The van der Waals surface area contributed by atoms with E-state index >= 15 is 0 Å². The van der Waals surface area contributed by atoms with Gasteiger partial charge in [-0.2, -0.15) is 0 Å². The summed E-state index contributed by atoms with van der Waals surface area (Å²) in [6, 6.07) is -0.00125. The lowest BCUT2D eigenvalue weighted by molar-refractivity contribution is -0.112. The number of carbonyl (C=O) groups excluding carboxylic acids is 2. The zero-order valence-corrected chi connectivity index (χ0v) is 14.5. The lowest BCUT2D eigenvalue weighted by Gasteiger charge is -2.28. The number of ether oxygens (including phenoxy) is 2. The molecule has 5 nitrogen and oxygen atoms in total. The van der Waals surface area contributed by atoms with Crippen LogP contribution in [0.3, 0.4) is 0 Å². The van der Waals surface area contributed by atoms with Gasteiger partial charge in [-0.05, 0) is 46.5 Å². The van der Waals surface area contributed by atoms with Gasteiger partial charge in [0.1, 0.15) is 11.9 Å². The van der Waals surface area contributed by atoms with E-state index in [1.54, 1.807) is 12.0 Å². The zero-order valence-electron chi connectivity index (χ0n) is 14.5.